The Balaban J connectivity index is 1.77. The largest absolute Gasteiger partial charge is 0.493 e. The van der Waals surface area contributed by atoms with Crippen LogP contribution in [0.3, 0.4) is 0 Å². The van der Waals surface area contributed by atoms with E-state index >= 15 is 0 Å². The number of hydrogen-bond donors (Lipinski definition) is 1. The summed E-state index contributed by atoms with van der Waals surface area (Å²) in [6.45, 7) is 0. The second-order valence-electron chi connectivity index (χ2n) is 5.53. The molecule has 0 saturated carbocycles. The number of carbonyl (C=O) groups is 1. The highest BCUT2D eigenvalue weighted by Gasteiger charge is 2.26. The molecule has 7 heteroatoms. The Hall–Kier alpha value is -2.67. The van der Waals surface area contributed by atoms with E-state index in [4.69, 9.17) is 14.2 Å². The van der Waals surface area contributed by atoms with Crippen molar-refractivity contribution in [2.45, 2.75) is 6.04 Å². The summed E-state index contributed by atoms with van der Waals surface area (Å²) in [7, 11) is 4.61. The molecule has 0 bridgehead atoms. The third-order valence-electron chi connectivity index (χ3n) is 3.91. The van der Waals surface area contributed by atoms with E-state index in [1.54, 1.807) is 23.9 Å². The van der Waals surface area contributed by atoms with E-state index in [-0.39, 0.29) is 5.91 Å². The Morgan fingerprint density at radius 1 is 1.08 bits per heavy atom. The van der Waals surface area contributed by atoms with Crippen molar-refractivity contribution in [1.82, 2.24) is 0 Å². The van der Waals surface area contributed by atoms with Crippen molar-refractivity contribution in [2.24, 2.45) is 4.99 Å². The van der Waals surface area contributed by atoms with Crippen molar-refractivity contribution in [2.75, 3.05) is 32.4 Å². The van der Waals surface area contributed by atoms with Crippen LogP contribution in [0.25, 0.3) is 0 Å². The molecule has 1 heterocycles. The molecular formula is C19H20N2O4S. The van der Waals surface area contributed by atoms with Crippen LogP contribution in [0.1, 0.15) is 5.56 Å². The average Bonchev–Trinajstić information content (AvgIpc) is 3.18. The lowest BCUT2D eigenvalue weighted by Crippen LogP contribution is -2.26. The van der Waals surface area contributed by atoms with Gasteiger partial charge in [0.1, 0.15) is 6.04 Å². The van der Waals surface area contributed by atoms with E-state index in [1.807, 2.05) is 30.3 Å². The maximum Gasteiger partial charge on any atom is 0.250 e. The molecule has 0 spiro atoms. The Kier molecular flexibility index (Phi) is 5.68. The molecule has 0 saturated heterocycles. The summed E-state index contributed by atoms with van der Waals surface area (Å²) >= 11 is 1.58. The molecule has 0 radical (unpaired) electrons. The van der Waals surface area contributed by atoms with Crippen LogP contribution in [0.15, 0.2) is 47.5 Å². The van der Waals surface area contributed by atoms with Gasteiger partial charge in [-0.2, -0.15) is 0 Å². The summed E-state index contributed by atoms with van der Waals surface area (Å²) < 4.78 is 15.9. The molecule has 1 N–H and O–H groups in total. The fourth-order valence-electron chi connectivity index (χ4n) is 2.63. The van der Waals surface area contributed by atoms with Crippen LogP contribution in [-0.2, 0) is 4.79 Å². The van der Waals surface area contributed by atoms with Gasteiger partial charge in [-0.05, 0) is 0 Å². The predicted octanol–water partition coefficient (Wildman–Crippen LogP) is 3.21. The summed E-state index contributed by atoms with van der Waals surface area (Å²) in [5.74, 6) is 1.89. The zero-order valence-corrected chi connectivity index (χ0v) is 15.6. The summed E-state index contributed by atoms with van der Waals surface area (Å²) in [5, 5.41) is 3.77. The predicted molar refractivity (Wildman–Crippen MR) is 104 cm³/mol. The Morgan fingerprint density at radius 2 is 1.73 bits per heavy atom. The Labute approximate surface area is 156 Å². The first-order valence-corrected chi connectivity index (χ1v) is 9.01. The van der Waals surface area contributed by atoms with Gasteiger partial charge >= 0.3 is 0 Å². The van der Waals surface area contributed by atoms with Crippen LogP contribution < -0.4 is 19.5 Å². The van der Waals surface area contributed by atoms with Crippen LogP contribution in [0.5, 0.6) is 17.2 Å². The smallest absolute Gasteiger partial charge is 0.250 e. The lowest BCUT2D eigenvalue weighted by molar-refractivity contribution is -0.116. The minimum absolute atomic E-state index is 0.169. The van der Waals surface area contributed by atoms with E-state index in [0.717, 1.165) is 10.6 Å². The van der Waals surface area contributed by atoms with Gasteiger partial charge in [-0.15, -0.1) is 11.8 Å². The number of hydrogen-bond acceptors (Lipinski definition) is 6. The molecule has 26 heavy (non-hydrogen) atoms. The zero-order valence-electron chi connectivity index (χ0n) is 14.8. The minimum atomic E-state index is -0.436. The van der Waals surface area contributed by atoms with Crippen LogP contribution in [0.2, 0.25) is 0 Å². The van der Waals surface area contributed by atoms with Crippen molar-refractivity contribution in [3.8, 4) is 17.2 Å². The molecule has 6 nitrogen and oxygen atoms in total. The number of thioether (sulfide) groups is 1. The van der Waals surface area contributed by atoms with Crippen molar-refractivity contribution in [1.29, 1.82) is 0 Å². The molecule has 136 valence electrons. The molecular weight excluding hydrogens is 352 g/mol. The molecule has 3 rings (SSSR count). The SMILES string of the molecule is COc1cc(NC(=O)[C@H]2CSC(c3ccccc3)=N2)cc(OC)c1OC. The Bertz CT molecular complexity index is 799. The van der Waals surface area contributed by atoms with Crippen molar-refractivity contribution < 1.29 is 19.0 Å². The number of anilines is 1. The first-order valence-electron chi connectivity index (χ1n) is 8.03. The maximum absolute atomic E-state index is 12.6. The number of carbonyl (C=O) groups excluding carboxylic acids is 1. The molecule has 1 atom stereocenters. The number of benzene rings is 2. The second kappa shape index (κ2) is 8.14. The molecule has 1 aliphatic rings. The average molecular weight is 372 g/mol. The number of rotatable bonds is 6. The van der Waals surface area contributed by atoms with Crippen molar-refractivity contribution >= 4 is 28.4 Å². The molecule has 1 aliphatic heterocycles. The van der Waals surface area contributed by atoms with Gasteiger partial charge in [-0.3, -0.25) is 9.79 Å². The number of amides is 1. The monoisotopic (exact) mass is 372 g/mol. The van der Waals surface area contributed by atoms with E-state index in [9.17, 15) is 4.79 Å². The highest BCUT2D eigenvalue weighted by atomic mass is 32.2. The Morgan fingerprint density at radius 3 is 2.31 bits per heavy atom. The van der Waals surface area contributed by atoms with Gasteiger partial charge in [0, 0.05) is 29.1 Å². The van der Waals surface area contributed by atoms with Gasteiger partial charge < -0.3 is 19.5 Å². The summed E-state index contributed by atoms with van der Waals surface area (Å²) in [6.07, 6.45) is 0. The maximum atomic E-state index is 12.6. The molecule has 0 unspecified atom stereocenters. The fraction of sp³-hybridized carbons (Fsp3) is 0.263. The van der Waals surface area contributed by atoms with Gasteiger partial charge in [0.25, 0.3) is 0 Å². The lowest BCUT2D eigenvalue weighted by atomic mass is 10.2. The molecule has 2 aromatic carbocycles. The van der Waals surface area contributed by atoms with Gasteiger partial charge in [0.15, 0.2) is 11.5 Å². The standard InChI is InChI=1S/C19H20N2O4S/c1-23-15-9-13(10-16(24-2)17(15)25-3)20-18(22)14-11-26-19(21-14)12-7-5-4-6-8-12/h4-10,14H,11H2,1-3H3,(H,20,22)/t14-/m1/s1. The van der Waals surface area contributed by atoms with Gasteiger partial charge in [-0.25, -0.2) is 0 Å². The first kappa shape index (κ1) is 18.1. The van der Waals surface area contributed by atoms with Crippen LogP contribution in [-0.4, -0.2) is 44.1 Å². The van der Waals surface area contributed by atoms with Crippen molar-refractivity contribution in [3.05, 3.63) is 48.0 Å². The zero-order chi connectivity index (χ0) is 18.5. The molecule has 0 aliphatic carbocycles. The van der Waals surface area contributed by atoms with E-state index < -0.39 is 6.04 Å². The number of aliphatic imine (C=N–C) groups is 1. The number of nitrogens with one attached hydrogen (secondary N) is 1. The van der Waals surface area contributed by atoms with Gasteiger partial charge in [-0.1, -0.05) is 30.3 Å². The highest BCUT2D eigenvalue weighted by molar-refractivity contribution is 8.14. The third-order valence-corrected chi connectivity index (χ3v) is 5.00. The third kappa shape index (κ3) is 3.77. The number of methoxy groups -OCH3 is 3. The number of ether oxygens (including phenoxy) is 3. The van der Waals surface area contributed by atoms with E-state index in [0.29, 0.717) is 28.7 Å². The molecule has 1 amide bonds. The van der Waals surface area contributed by atoms with E-state index in [2.05, 4.69) is 10.3 Å². The normalized spacial score (nSPS) is 16.0. The lowest BCUT2D eigenvalue weighted by Gasteiger charge is -2.15. The molecule has 2 aromatic rings. The van der Waals surface area contributed by atoms with Gasteiger partial charge in [0.2, 0.25) is 11.7 Å². The quantitative estimate of drug-likeness (QED) is 0.843. The second-order valence-corrected chi connectivity index (χ2v) is 6.54. The minimum Gasteiger partial charge on any atom is -0.493 e. The van der Waals surface area contributed by atoms with E-state index in [1.165, 1.54) is 21.3 Å². The summed E-state index contributed by atoms with van der Waals surface area (Å²) in [4.78, 5) is 17.2. The summed E-state index contributed by atoms with van der Waals surface area (Å²) in [6, 6.07) is 12.8. The van der Waals surface area contributed by atoms with Crippen molar-refractivity contribution in [3.63, 3.8) is 0 Å². The first-order chi connectivity index (χ1) is 12.7. The highest BCUT2D eigenvalue weighted by Crippen LogP contribution is 2.40. The van der Waals surface area contributed by atoms with Gasteiger partial charge in [0.05, 0.1) is 26.4 Å². The molecule has 0 fully saturated rings. The van der Waals surface area contributed by atoms with Crippen LogP contribution >= 0.6 is 11.8 Å². The van der Waals surface area contributed by atoms with Crippen LogP contribution in [0, 0.1) is 0 Å². The fourth-order valence-corrected chi connectivity index (χ4v) is 3.67. The molecule has 0 aromatic heterocycles. The number of nitrogens with zero attached hydrogens (tertiary/aromatic N) is 1. The van der Waals surface area contributed by atoms with Crippen LogP contribution in [0.4, 0.5) is 5.69 Å². The summed E-state index contributed by atoms with van der Waals surface area (Å²) in [5.41, 5.74) is 1.60. The topological polar surface area (TPSA) is 69.2 Å².